The summed E-state index contributed by atoms with van der Waals surface area (Å²) in [6.07, 6.45) is 4.73. The molecule has 0 saturated carbocycles. The molecule has 6 heteroatoms. The van der Waals surface area contributed by atoms with Crippen molar-refractivity contribution in [3.8, 4) is 11.3 Å². The van der Waals surface area contributed by atoms with Gasteiger partial charge < -0.3 is 0 Å². The van der Waals surface area contributed by atoms with Gasteiger partial charge >= 0.3 is 0 Å². The van der Waals surface area contributed by atoms with Crippen molar-refractivity contribution in [3.63, 3.8) is 0 Å². The molecule has 80 valence electrons. The van der Waals surface area contributed by atoms with Gasteiger partial charge in [-0.3, -0.25) is 4.98 Å². The Bertz CT molecular complexity index is 558. The van der Waals surface area contributed by atoms with Crippen molar-refractivity contribution in [1.29, 1.82) is 0 Å². The fraction of sp³-hybridized carbons (Fsp3) is 0.100. The average molecular weight is 235 g/mol. The molecule has 0 N–H and O–H groups in total. The summed E-state index contributed by atoms with van der Waals surface area (Å²) in [4.78, 5) is 17.6. The highest BCUT2D eigenvalue weighted by atomic mass is 35.5. The van der Waals surface area contributed by atoms with Crippen molar-refractivity contribution in [1.82, 2.24) is 14.8 Å². The molecule has 0 radical (unpaired) electrons. The SMILES string of the molecule is Cn1nc(-c2ccncc2)c(Cl)c1N=C=O. The van der Waals surface area contributed by atoms with E-state index in [1.165, 1.54) is 10.8 Å². The first-order valence-electron chi connectivity index (χ1n) is 4.45. The van der Waals surface area contributed by atoms with E-state index in [0.29, 0.717) is 16.5 Å². The number of halogens is 1. The molecule has 5 nitrogen and oxygen atoms in total. The maximum absolute atomic E-state index is 10.2. The highest BCUT2D eigenvalue weighted by Crippen LogP contribution is 2.33. The van der Waals surface area contributed by atoms with E-state index in [1.807, 2.05) is 0 Å². The lowest BCUT2D eigenvalue weighted by Gasteiger charge is -1.94. The Kier molecular flexibility index (Phi) is 2.81. The van der Waals surface area contributed by atoms with E-state index in [4.69, 9.17) is 11.6 Å². The summed E-state index contributed by atoms with van der Waals surface area (Å²) < 4.78 is 1.43. The molecule has 0 aromatic carbocycles. The normalized spacial score (nSPS) is 9.88. The smallest absolute Gasteiger partial charge is 0.242 e. The van der Waals surface area contributed by atoms with E-state index in [1.54, 1.807) is 31.6 Å². The number of pyridine rings is 1. The second-order valence-corrected chi connectivity index (χ2v) is 3.43. The minimum atomic E-state index is 0.295. The molecule has 2 rings (SSSR count). The van der Waals surface area contributed by atoms with Crippen LogP contribution in [0.15, 0.2) is 29.5 Å². The Morgan fingerprint density at radius 3 is 2.75 bits per heavy atom. The first kappa shape index (κ1) is 10.5. The van der Waals surface area contributed by atoms with Crippen LogP contribution < -0.4 is 0 Å². The Balaban J connectivity index is 2.60. The summed E-state index contributed by atoms with van der Waals surface area (Å²) in [5, 5.41) is 4.51. The van der Waals surface area contributed by atoms with Crippen LogP contribution in [0.4, 0.5) is 5.82 Å². The molecule has 0 atom stereocenters. The van der Waals surface area contributed by atoms with E-state index in [-0.39, 0.29) is 0 Å². The number of aliphatic imine (C=N–C) groups is 1. The van der Waals surface area contributed by atoms with E-state index < -0.39 is 0 Å². The third-order valence-electron chi connectivity index (χ3n) is 2.07. The van der Waals surface area contributed by atoms with Crippen molar-refractivity contribution in [2.24, 2.45) is 12.0 Å². The lowest BCUT2D eigenvalue weighted by molar-refractivity contribution is 0.564. The van der Waals surface area contributed by atoms with E-state index in [0.717, 1.165) is 5.56 Å². The molecule has 16 heavy (non-hydrogen) atoms. The third-order valence-corrected chi connectivity index (χ3v) is 2.41. The van der Waals surface area contributed by atoms with Gasteiger partial charge in [-0.25, -0.2) is 9.48 Å². The van der Waals surface area contributed by atoms with Crippen molar-refractivity contribution < 1.29 is 4.79 Å². The lowest BCUT2D eigenvalue weighted by atomic mass is 10.2. The number of rotatable bonds is 2. The van der Waals surface area contributed by atoms with Gasteiger partial charge in [-0.1, -0.05) is 11.6 Å². The Morgan fingerprint density at radius 2 is 2.12 bits per heavy atom. The summed E-state index contributed by atoms with van der Waals surface area (Å²) in [7, 11) is 1.66. The quantitative estimate of drug-likeness (QED) is 0.591. The maximum atomic E-state index is 10.2. The largest absolute Gasteiger partial charge is 0.265 e. The number of hydrogen-bond donors (Lipinski definition) is 0. The second kappa shape index (κ2) is 4.26. The molecule has 0 unspecified atom stereocenters. The fourth-order valence-electron chi connectivity index (χ4n) is 1.35. The van der Waals surface area contributed by atoms with E-state index in [2.05, 4.69) is 15.1 Å². The molecule has 0 amide bonds. The molecule has 2 aromatic rings. The number of isocyanates is 1. The molecule has 2 heterocycles. The molecule has 2 aromatic heterocycles. The van der Waals surface area contributed by atoms with E-state index in [9.17, 15) is 4.79 Å². The van der Waals surface area contributed by atoms with Crippen LogP contribution in [-0.4, -0.2) is 20.8 Å². The molecule has 0 aliphatic heterocycles. The van der Waals surface area contributed by atoms with Crippen LogP contribution >= 0.6 is 11.6 Å². The zero-order valence-corrected chi connectivity index (χ0v) is 9.14. The van der Waals surface area contributed by atoms with Crippen LogP contribution in [0.5, 0.6) is 0 Å². The maximum Gasteiger partial charge on any atom is 0.242 e. The van der Waals surface area contributed by atoms with Gasteiger partial charge in [0.05, 0.1) is 0 Å². The topological polar surface area (TPSA) is 60.1 Å². The van der Waals surface area contributed by atoms with E-state index >= 15 is 0 Å². The predicted octanol–water partition coefficient (Wildman–Crippen LogP) is 2.10. The predicted molar refractivity (Wildman–Crippen MR) is 59.2 cm³/mol. The van der Waals surface area contributed by atoms with Gasteiger partial charge in [0.1, 0.15) is 10.7 Å². The number of nitrogens with zero attached hydrogens (tertiary/aromatic N) is 4. The summed E-state index contributed by atoms with van der Waals surface area (Å²) in [6, 6.07) is 3.56. The van der Waals surface area contributed by atoms with Crippen LogP contribution in [0.3, 0.4) is 0 Å². The fourth-order valence-corrected chi connectivity index (χ4v) is 1.66. The van der Waals surface area contributed by atoms with Gasteiger partial charge in [-0.05, 0) is 12.1 Å². The van der Waals surface area contributed by atoms with Crippen molar-refractivity contribution in [2.45, 2.75) is 0 Å². The van der Waals surface area contributed by atoms with Gasteiger partial charge in [0.15, 0.2) is 5.82 Å². The molecule has 0 fully saturated rings. The summed E-state index contributed by atoms with van der Waals surface area (Å²) >= 11 is 6.07. The summed E-state index contributed by atoms with van der Waals surface area (Å²) in [5.41, 5.74) is 1.39. The van der Waals surface area contributed by atoms with Crippen LogP contribution in [0.2, 0.25) is 5.02 Å². The minimum Gasteiger partial charge on any atom is -0.265 e. The zero-order valence-electron chi connectivity index (χ0n) is 8.38. The minimum absolute atomic E-state index is 0.295. The third kappa shape index (κ3) is 1.74. The number of hydrogen-bond acceptors (Lipinski definition) is 4. The lowest BCUT2D eigenvalue weighted by Crippen LogP contribution is -1.89. The number of aryl methyl sites for hydroxylation is 1. The first-order chi connectivity index (χ1) is 7.74. The first-order valence-corrected chi connectivity index (χ1v) is 4.82. The highest BCUT2D eigenvalue weighted by Gasteiger charge is 2.15. The molecule has 0 aliphatic rings. The van der Waals surface area contributed by atoms with Crippen LogP contribution in [0.25, 0.3) is 11.3 Å². The standard InChI is InChI=1S/C10H7ClN4O/c1-15-10(13-6-16)8(11)9(14-15)7-2-4-12-5-3-7/h2-5H,1H3. The Hall–Kier alpha value is -1.97. The van der Waals surface area contributed by atoms with Gasteiger partial charge in [-0.15, -0.1) is 4.99 Å². The second-order valence-electron chi connectivity index (χ2n) is 3.05. The van der Waals surface area contributed by atoms with Crippen LogP contribution in [-0.2, 0) is 11.8 Å². The number of carbonyl (C=O) groups excluding carboxylic acids is 1. The van der Waals surface area contributed by atoms with Gasteiger partial charge in [0.25, 0.3) is 0 Å². The summed E-state index contributed by atoms with van der Waals surface area (Å²) in [5.74, 6) is 0.295. The average Bonchev–Trinajstić information content (AvgIpc) is 2.59. The van der Waals surface area contributed by atoms with Crippen molar-refractivity contribution in [2.75, 3.05) is 0 Å². The Morgan fingerprint density at radius 1 is 1.44 bits per heavy atom. The van der Waals surface area contributed by atoms with Crippen molar-refractivity contribution >= 4 is 23.5 Å². The van der Waals surface area contributed by atoms with Gasteiger partial charge in [0.2, 0.25) is 6.08 Å². The molecular weight excluding hydrogens is 228 g/mol. The highest BCUT2D eigenvalue weighted by molar-refractivity contribution is 6.35. The van der Waals surface area contributed by atoms with Gasteiger partial charge in [0, 0.05) is 25.0 Å². The molecule has 0 saturated heterocycles. The monoisotopic (exact) mass is 234 g/mol. The summed E-state index contributed by atoms with van der Waals surface area (Å²) in [6.45, 7) is 0. The van der Waals surface area contributed by atoms with Crippen molar-refractivity contribution in [3.05, 3.63) is 29.5 Å². The number of aromatic nitrogens is 3. The van der Waals surface area contributed by atoms with Crippen LogP contribution in [0, 0.1) is 0 Å². The van der Waals surface area contributed by atoms with Crippen LogP contribution in [0.1, 0.15) is 0 Å². The Labute approximate surface area is 96.4 Å². The molecule has 0 spiro atoms. The molecule has 0 bridgehead atoms. The van der Waals surface area contributed by atoms with Gasteiger partial charge in [-0.2, -0.15) is 5.10 Å². The zero-order chi connectivity index (χ0) is 11.5. The molecule has 0 aliphatic carbocycles. The molecular formula is C10H7ClN4O.